The number of ether oxygens (including phenoxy) is 2. The summed E-state index contributed by atoms with van der Waals surface area (Å²) in [5.41, 5.74) is 0.886. The van der Waals surface area contributed by atoms with Gasteiger partial charge in [0.25, 0.3) is 0 Å². The average Bonchev–Trinajstić information content (AvgIpc) is 2.84. The van der Waals surface area contributed by atoms with Crippen LogP contribution in [0, 0.1) is 5.92 Å². The van der Waals surface area contributed by atoms with Gasteiger partial charge in [-0.25, -0.2) is 0 Å². The summed E-state index contributed by atoms with van der Waals surface area (Å²) in [5, 5.41) is 3.11. The summed E-state index contributed by atoms with van der Waals surface area (Å²) in [7, 11) is 3.22. The van der Waals surface area contributed by atoms with Gasteiger partial charge in [0.2, 0.25) is 5.91 Å². The summed E-state index contributed by atoms with van der Waals surface area (Å²) in [5.74, 6) is 2.21. The Balaban J connectivity index is 1.96. The monoisotopic (exact) mass is 277 g/mol. The molecule has 0 saturated heterocycles. The number of hydrogen-bond donors (Lipinski definition) is 1. The molecule has 1 aliphatic rings. The lowest BCUT2D eigenvalue weighted by Gasteiger charge is -2.14. The molecule has 1 aromatic rings. The minimum Gasteiger partial charge on any atom is -0.497 e. The molecule has 0 heterocycles. The zero-order valence-corrected chi connectivity index (χ0v) is 12.4. The van der Waals surface area contributed by atoms with Crippen LogP contribution in [0.3, 0.4) is 0 Å². The maximum Gasteiger partial charge on any atom is 0.224 e. The molecule has 1 amide bonds. The summed E-state index contributed by atoms with van der Waals surface area (Å²) >= 11 is 0. The summed E-state index contributed by atoms with van der Waals surface area (Å²) in [6.07, 6.45) is 3.73. The molecule has 1 fully saturated rings. The average molecular weight is 277 g/mol. The highest BCUT2D eigenvalue weighted by molar-refractivity contribution is 5.79. The van der Waals surface area contributed by atoms with Gasteiger partial charge in [-0.1, -0.05) is 13.0 Å². The summed E-state index contributed by atoms with van der Waals surface area (Å²) in [6.45, 7) is 2.23. The maximum atomic E-state index is 12.1. The lowest BCUT2D eigenvalue weighted by Crippen LogP contribution is -2.34. The highest BCUT2D eigenvalue weighted by Crippen LogP contribution is 2.26. The van der Waals surface area contributed by atoms with Crippen molar-refractivity contribution in [2.24, 2.45) is 5.92 Å². The van der Waals surface area contributed by atoms with Crippen LogP contribution in [-0.4, -0.2) is 26.2 Å². The Morgan fingerprint density at radius 2 is 2.10 bits per heavy atom. The highest BCUT2D eigenvalue weighted by Gasteiger charge is 2.23. The van der Waals surface area contributed by atoms with Gasteiger partial charge in [0.1, 0.15) is 11.5 Å². The van der Waals surface area contributed by atoms with E-state index >= 15 is 0 Å². The van der Waals surface area contributed by atoms with Gasteiger partial charge < -0.3 is 14.8 Å². The predicted octanol–water partition coefficient (Wildman–Crippen LogP) is 2.55. The zero-order chi connectivity index (χ0) is 14.5. The fourth-order valence-electron chi connectivity index (χ4n) is 2.79. The third kappa shape index (κ3) is 3.65. The van der Waals surface area contributed by atoms with E-state index < -0.39 is 0 Å². The predicted molar refractivity (Wildman–Crippen MR) is 78.2 cm³/mol. The number of rotatable bonds is 5. The Bertz CT molecular complexity index is 473. The van der Waals surface area contributed by atoms with E-state index in [2.05, 4.69) is 12.2 Å². The molecule has 4 nitrogen and oxygen atoms in total. The molecular formula is C16H23NO3. The first kappa shape index (κ1) is 14.7. The maximum absolute atomic E-state index is 12.1. The highest BCUT2D eigenvalue weighted by atomic mass is 16.5. The molecule has 110 valence electrons. The molecule has 0 bridgehead atoms. The summed E-state index contributed by atoms with van der Waals surface area (Å²) in [4.78, 5) is 12.1. The molecule has 20 heavy (non-hydrogen) atoms. The minimum absolute atomic E-state index is 0.0626. The first-order valence-corrected chi connectivity index (χ1v) is 7.12. The number of nitrogens with one attached hydrogen (secondary N) is 1. The Morgan fingerprint density at radius 3 is 2.70 bits per heavy atom. The van der Waals surface area contributed by atoms with E-state index in [1.165, 1.54) is 6.42 Å². The van der Waals surface area contributed by atoms with E-state index in [1.807, 2.05) is 12.1 Å². The van der Waals surface area contributed by atoms with Crippen LogP contribution in [-0.2, 0) is 11.2 Å². The number of methoxy groups -OCH3 is 2. The molecule has 1 aliphatic carbocycles. The SMILES string of the molecule is COc1ccc(CC(=O)NC2CCC(C)C2)c(OC)c1. The number of amides is 1. The third-order valence-electron chi connectivity index (χ3n) is 3.91. The Hall–Kier alpha value is -1.71. The lowest BCUT2D eigenvalue weighted by molar-refractivity contribution is -0.121. The molecule has 1 aromatic carbocycles. The van der Waals surface area contributed by atoms with Crippen LogP contribution in [0.5, 0.6) is 11.5 Å². The standard InChI is InChI=1S/C16H23NO3/c1-11-4-6-13(8-11)17-16(18)9-12-5-7-14(19-2)10-15(12)20-3/h5,7,10-11,13H,4,6,8-9H2,1-3H3,(H,17,18). The van der Waals surface area contributed by atoms with Crippen LogP contribution >= 0.6 is 0 Å². The second kappa shape index (κ2) is 6.64. The molecule has 2 unspecified atom stereocenters. The van der Waals surface area contributed by atoms with Crippen LogP contribution in [0.25, 0.3) is 0 Å². The van der Waals surface area contributed by atoms with Gasteiger partial charge in [-0.3, -0.25) is 4.79 Å². The van der Waals surface area contributed by atoms with Crippen LogP contribution < -0.4 is 14.8 Å². The normalized spacial score (nSPS) is 21.6. The van der Waals surface area contributed by atoms with Crippen molar-refractivity contribution in [2.75, 3.05) is 14.2 Å². The van der Waals surface area contributed by atoms with E-state index in [4.69, 9.17) is 9.47 Å². The number of benzene rings is 1. The molecule has 2 atom stereocenters. The molecule has 1 saturated carbocycles. The molecule has 0 aliphatic heterocycles. The smallest absolute Gasteiger partial charge is 0.224 e. The minimum atomic E-state index is 0.0626. The molecular weight excluding hydrogens is 254 g/mol. The third-order valence-corrected chi connectivity index (χ3v) is 3.91. The molecule has 1 N–H and O–H groups in total. The van der Waals surface area contributed by atoms with Crippen molar-refractivity contribution in [3.05, 3.63) is 23.8 Å². The van der Waals surface area contributed by atoms with Crippen molar-refractivity contribution < 1.29 is 14.3 Å². The van der Waals surface area contributed by atoms with Crippen molar-refractivity contribution in [2.45, 2.75) is 38.6 Å². The van der Waals surface area contributed by atoms with Crippen molar-refractivity contribution in [1.29, 1.82) is 0 Å². The molecule has 2 rings (SSSR count). The topological polar surface area (TPSA) is 47.6 Å². The van der Waals surface area contributed by atoms with Gasteiger partial charge in [0.05, 0.1) is 20.6 Å². The van der Waals surface area contributed by atoms with Crippen LogP contribution in [0.2, 0.25) is 0 Å². The summed E-state index contributed by atoms with van der Waals surface area (Å²) < 4.78 is 10.5. The number of carbonyl (C=O) groups is 1. The van der Waals surface area contributed by atoms with Crippen molar-refractivity contribution in [3.8, 4) is 11.5 Å². The molecule has 4 heteroatoms. The van der Waals surface area contributed by atoms with Gasteiger partial charge in [0.15, 0.2) is 0 Å². The van der Waals surface area contributed by atoms with Gasteiger partial charge in [-0.15, -0.1) is 0 Å². The first-order chi connectivity index (χ1) is 9.62. The molecule has 0 radical (unpaired) electrons. The second-order valence-electron chi connectivity index (χ2n) is 5.54. The van der Waals surface area contributed by atoms with E-state index in [0.29, 0.717) is 18.2 Å². The van der Waals surface area contributed by atoms with E-state index in [9.17, 15) is 4.79 Å². The largest absolute Gasteiger partial charge is 0.497 e. The van der Waals surface area contributed by atoms with Gasteiger partial charge >= 0.3 is 0 Å². The quantitative estimate of drug-likeness (QED) is 0.899. The van der Waals surface area contributed by atoms with Crippen molar-refractivity contribution >= 4 is 5.91 Å². The van der Waals surface area contributed by atoms with Crippen LogP contribution in [0.15, 0.2) is 18.2 Å². The van der Waals surface area contributed by atoms with E-state index in [0.717, 1.165) is 30.1 Å². The second-order valence-corrected chi connectivity index (χ2v) is 5.54. The van der Waals surface area contributed by atoms with Crippen molar-refractivity contribution in [3.63, 3.8) is 0 Å². The Labute approximate surface area is 120 Å². The van der Waals surface area contributed by atoms with Crippen LogP contribution in [0.4, 0.5) is 0 Å². The van der Waals surface area contributed by atoms with E-state index in [-0.39, 0.29) is 5.91 Å². The van der Waals surface area contributed by atoms with Gasteiger partial charge in [-0.2, -0.15) is 0 Å². The Morgan fingerprint density at radius 1 is 1.30 bits per heavy atom. The Kier molecular flexibility index (Phi) is 4.88. The fraction of sp³-hybridized carbons (Fsp3) is 0.562. The van der Waals surface area contributed by atoms with Crippen LogP contribution in [0.1, 0.15) is 31.7 Å². The number of hydrogen-bond acceptors (Lipinski definition) is 3. The summed E-state index contributed by atoms with van der Waals surface area (Å²) in [6, 6.07) is 5.87. The lowest BCUT2D eigenvalue weighted by atomic mass is 10.1. The number of carbonyl (C=O) groups excluding carboxylic acids is 1. The molecule has 0 spiro atoms. The molecule has 0 aromatic heterocycles. The first-order valence-electron chi connectivity index (χ1n) is 7.12. The van der Waals surface area contributed by atoms with E-state index in [1.54, 1.807) is 20.3 Å². The van der Waals surface area contributed by atoms with Gasteiger partial charge in [0, 0.05) is 17.7 Å². The zero-order valence-electron chi connectivity index (χ0n) is 12.4. The van der Waals surface area contributed by atoms with Gasteiger partial charge in [-0.05, 0) is 31.2 Å². The fourth-order valence-corrected chi connectivity index (χ4v) is 2.79. The van der Waals surface area contributed by atoms with Crippen molar-refractivity contribution in [1.82, 2.24) is 5.32 Å².